The highest BCUT2D eigenvalue weighted by Crippen LogP contribution is 2.23. The molecule has 0 bridgehead atoms. The van der Waals surface area contributed by atoms with Crippen LogP contribution in [0, 0.1) is 10.5 Å². The zero-order valence-corrected chi connectivity index (χ0v) is 13.0. The highest BCUT2D eigenvalue weighted by Gasteiger charge is 2.43. The normalized spacial score (nSPS) is 18.7. The average molecular weight is 375 g/mol. The third-order valence-electron chi connectivity index (χ3n) is 2.65. The molecule has 0 amide bonds. The van der Waals surface area contributed by atoms with Crippen LogP contribution in [-0.4, -0.2) is 23.8 Å². The first kappa shape index (κ1) is 14.1. The minimum absolute atomic E-state index is 0.628. The van der Waals surface area contributed by atoms with Crippen molar-refractivity contribution in [3.63, 3.8) is 0 Å². The molecule has 1 aliphatic rings. The summed E-state index contributed by atoms with van der Waals surface area (Å²) in [6.45, 7) is 5.03. The van der Waals surface area contributed by atoms with Crippen molar-refractivity contribution in [2.45, 2.75) is 32.6 Å². The lowest BCUT2D eigenvalue weighted by atomic mass is 10.2. The number of carbonyl (C=O) groups excluding carboxylic acids is 2. The minimum atomic E-state index is -1.20. The van der Waals surface area contributed by atoms with E-state index in [1.165, 1.54) is 13.8 Å². The molecule has 0 radical (unpaired) electrons. The number of carbonyl (C=O) groups is 2. The van der Waals surface area contributed by atoms with E-state index in [-0.39, 0.29) is 0 Å². The van der Waals surface area contributed by atoms with Gasteiger partial charge >= 0.3 is 11.9 Å². The van der Waals surface area contributed by atoms with Crippen molar-refractivity contribution in [3.05, 3.63) is 27.3 Å². The SMILES string of the molecule is Cc1ccc(NC2C(=O)OC(C)(C)OC2=O)cc1I. The van der Waals surface area contributed by atoms with Gasteiger partial charge in [0, 0.05) is 23.1 Å². The first-order valence-electron chi connectivity index (χ1n) is 5.77. The number of cyclic esters (lactones) is 2. The summed E-state index contributed by atoms with van der Waals surface area (Å²) in [4.78, 5) is 23.6. The number of benzene rings is 1. The third kappa shape index (κ3) is 3.17. The smallest absolute Gasteiger partial charge is 0.343 e. The highest BCUT2D eigenvalue weighted by atomic mass is 127. The quantitative estimate of drug-likeness (QED) is 0.488. The Labute approximate surface area is 124 Å². The van der Waals surface area contributed by atoms with E-state index in [2.05, 4.69) is 27.9 Å². The molecule has 1 saturated heterocycles. The first-order chi connectivity index (χ1) is 8.78. The van der Waals surface area contributed by atoms with Gasteiger partial charge in [0.15, 0.2) is 0 Å². The number of hydrogen-bond acceptors (Lipinski definition) is 5. The van der Waals surface area contributed by atoms with Gasteiger partial charge in [0.2, 0.25) is 6.04 Å². The number of ether oxygens (including phenoxy) is 2. The zero-order chi connectivity index (χ0) is 14.2. The molecule has 1 N–H and O–H groups in total. The predicted octanol–water partition coefficient (Wildman–Crippen LogP) is 2.22. The van der Waals surface area contributed by atoms with E-state index in [1.54, 1.807) is 6.07 Å². The molecule has 1 aliphatic heterocycles. The fourth-order valence-electron chi connectivity index (χ4n) is 1.69. The van der Waals surface area contributed by atoms with E-state index >= 15 is 0 Å². The van der Waals surface area contributed by atoms with Crippen LogP contribution in [0.5, 0.6) is 0 Å². The number of hydrogen-bond donors (Lipinski definition) is 1. The molecule has 0 saturated carbocycles. The summed E-state index contributed by atoms with van der Waals surface area (Å²) >= 11 is 2.19. The van der Waals surface area contributed by atoms with E-state index in [0.717, 1.165) is 9.13 Å². The minimum Gasteiger partial charge on any atom is -0.421 e. The Morgan fingerprint density at radius 3 is 2.32 bits per heavy atom. The van der Waals surface area contributed by atoms with Gasteiger partial charge in [-0.3, -0.25) is 0 Å². The number of halogens is 1. The molecule has 2 rings (SSSR count). The third-order valence-corrected chi connectivity index (χ3v) is 3.81. The van der Waals surface area contributed by atoms with Crippen LogP contribution >= 0.6 is 22.6 Å². The van der Waals surface area contributed by atoms with Gasteiger partial charge in [-0.15, -0.1) is 0 Å². The second-order valence-electron chi connectivity index (χ2n) is 4.78. The van der Waals surface area contributed by atoms with Crippen LogP contribution < -0.4 is 5.32 Å². The van der Waals surface area contributed by atoms with Crippen molar-refractivity contribution in [2.24, 2.45) is 0 Å². The van der Waals surface area contributed by atoms with Crippen molar-refractivity contribution in [1.29, 1.82) is 0 Å². The van der Waals surface area contributed by atoms with Crippen molar-refractivity contribution in [1.82, 2.24) is 0 Å². The van der Waals surface area contributed by atoms with E-state index in [0.29, 0.717) is 5.69 Å². The predicted molar refractivity (Wildman–Crippen MR) is 77.6 cm³/mol. The Kier molecular flexibility index (Phi) is 3.71. The lowest BCUT2D eigenvalue weighted by Gasteiger charge is -2.33. The summed E-state index contributed by atoms with van der Waals surface area (Å²) in [5.41, 5.74) is 1.80. The molecule has 0 atom stereocenters. The van der Waals surface area contributed by atoms with Crippen LogP contribution in [0.1, 0.15) is 19.4 Å². The van der Waals surface area contributed by atoms with Crippen molar-refractivity contribution in [2.75, 3.05) is 5.32 Å². The fourth-order valence-corrected chi connectivity index (χ4v) is 2.20. The maximum atomic E-state index is 11.8. The standard InChI is InChI=1S/C13H14INO4/c1-7-4-5-8(6-9(7)14)15-10-11(16)18-13(2,3)19-12(10)17/h4-6,10,15H,1-3H3. The molecular formula is C13H14INO4. The van der Waals surface area contributed by atoms with E-state index in [9.17, 15) is 9.59 Å². The summed E-state index contributed by atoms with van der Waals surface area (Å²) in [5.74, 6) is -2.46. The average Bonchev–Trinajstić information content (AvgIpc) is 2.27. The molecule has 1 aromatic carbocycles. The number of anilines is 1. The molecule has 102 valence electrons. The Bertz CT molecular complexity index is 521. The molecule has 0 unspecified atom stereocenters. The topological polar surface area (TPSA) is 64.6 Å². The van der Waals surface area contributed by atoms with Gasteiger partial charge in [-0.1, -0.05) is 6.07 Å². The molecule has 5 nitrogen and oxygen atoms in total. The largest absolute Gasteiger partial charge is 0.421 e. The van der Waals surface area contributed by atoms with Crippen LogP contribution in [-0.2, 0) is 19.1 Å². The molecule has 1 heterocycles. The molecule has 0 spiro atoms. The molecular weight excluding hydrogens is 361 g/mol. The molecule has 1 aromatic rings. The van der Waals surface area contributed by atoms with E-state index < -0.39 is 23.8 Å². The van der Waals surface area contributed by atoms with E-state index in [4.69, 9.17) is 9.47 Å². The summed E-state index contributed by atoms with van der Waals surface area (Å²) in [7, 11) is 0. The van der Waals surface area contributed by atoms with Gasteiger partial charge in [0.1, 0.15) is 0 Å². The lowest BCUT2D eigenvalue weighted by Crippen LogP contribution is -2.52. The van der Waals surface area contributed by atoms with Gasteiger partial charge in [-0.2, -0.15) is 0 Å². The van der Waals surface area contributed by atoms with Crippen LogP contribution in [0.4, 0.5) is 5.69 Å². The Hall–Kier alpha value is -1.31. The second kappa shape index (κ2) is 4.99. The van der Waals surface area contributed by atoms with Crippen LogP contribution in [0.3, 0.4) is 0 Å². The van der Waals surface area contributed by atoms with Gasteiger partial charge in [0.05, 0.1) is 0 Å². The zero-order valence-electron chi connectivity index (χ0n) is 10.8. The number of nitrogens with one attached hydrogen (secondary N) is 1. The van der Waals surface area contributed by atoms with Crippen LogP contribution in [0.2, 0.25) is 0 Å². The Morgan fingerprint density at radius 1 is 1.21 bits per heavy atom. The monoisotopic (exact) mass is 375 g/mol. The molecule has 6 heteroatoms. The number of esters is 2. The van der Waals surface area contributed by atoms with Gasteiger partial charge in [-0.25, -0.2) is 9.59 Å². The summed E-state index contributed by atoms with van der Waals surface area (Å²) in [6, 6.07) is 4.45. The van der Waals surface area contributed by atoms with Crippen molar-refractivity contribution >= 4 is 40.2 Å². The molecule has 0 aliphatic carbocycles. The van der Waals surface area contributed by atoms with Crippen LogP contribution in [0.25, 0.3) is 0 Å². The maximum absolute atomic E-state index is 11.8. The summed E-state index contributed by atoms with van der Waals surface area (Å²) in [6.07, 6.45) is 0. The van der Waals surface area contributed by atoms with Crippen molar-refractivity contribution in [3.8, 4) is 0 Å². The Balaban J connectivity index is 2.16. The molecule has 1 fully saturated rings. The first-order valence-corrected chi connectivity index (χ1v) is 6.85. The second-order valence-corrected chi connectivity index (χ2v) is 5.95. The maximum Gasteiger partial charge on any atom is 0.343 e. The van der Waals surface area contributed by atoms with Crippen LogP contribution in [0.15, 0.2) is 18.2 Å². The highest BCUT2D eigenvalue weighted by molar-refractivity contribution is 14.1. The van der Waals surface area contributed by atoms with Gasteiger partial charge < -0.3 is 14.8 Å². The Morgan fingerprint density at radius 2 is 1.79 bits per heavy atom. The summed E-state index contributed by atoms with van der Waals surface area (Å²) < 4.78 is 11.1. The lowest BCUT2D eigenvalue weighted by molar-refractivity contribution is -0.232. The van der Waals surface area contributed by atoms with Gasteiger partial charge in [0.25, 0.3) is 5.79 Å². The summed E-state index contributed by atoms with van der Waals surface area (Å²) in [5, 5.41) is 2.83. The fraction of sp³-hybridized carbons (Fsp3) is 0.385. The number of aryl methyl sites for hydroxylation is 1. The molecule has 0 aromatic heterocycles. The number of rotatable bonds is 2. The van der Waals surface area contributed by atoms with Gasteiger partial charge in [-0.05, 0) is 47.2 Å². The van der Waals surface area contributed by atoms with E-state index in [1.807, 2.05) is 19.1 Å². The van der Waals surface area contributed by atoms with Crippen molar-refractivity contribution < 1.29 is 19.1 Å². The molecule has 19 heavy (non-hydrogen) atoms.